The van der Waals surface area contributed by atoms with E-state index in [1.807, 2.05) is 13.8 Å². The van der Waals surface area contributed by atoms with Crippen LogP contribution in [0.3, 0.4) is 0 Å². The van der Waals surface area contributed by atoms with Crippen LogP contribution >= 0.6 is 34.7 Å². The van der Waals surface area contributed by atoms with Crippen molar-refractivity contribution in [2.24, 2.45) is 0 Å². The van der Waals surface area contributed by atoms with Crippen molar-refractivity contribution in [1.82, 2.24) is 9.55 Å². The zero-order valence-electron chi connectivity index (χ0n) is 13.3. The largest absolute Gasteiger partial charge is 0.268 e. The minimum atomic E-state index is -0.310. The van der Waals surface area contributed by atoms with Crippen LogP contribution in [-0.4, -0.2) is 14.8 Å². The summed E-state index contributed by atoms with van der Waals surface area (Å²) in [5.74, 6) is 0. The number of rotatable bonds is 3. The Kier molecular flexibility index (Phi) is 4.68. The lowest BCUT2D eigenvalue weighted by Gasteiger charge is -2.13. The van der Waals surface area contributed by atoms with Gasteiger partial charge in [-0.25, -0.2) is 4.98 Å². The molecule has 0 saturated carbocycles. The molecule has 0 N–H and O–H groups in total. The van der Waals surface area contributed by atoms with E-state index in [1.165, 1.54) is 23.1 Å². The Labute approximate surface area is 152 Å². The van der Waals surface area contributed by atoms with Crippen LogP contribution in [0.5, 0.6) is 0 Å². The highest BCUT2D eigenvalue weighted by atomic mass is 35.5. The van der Waals surface area contributed by atoms with Gasteiger partial charge in [-0.2, -0.15) is 5.26 Å². The van der Waals surface area contributed by atoms with Crippen molar-refractivity contribution in [1.29, 1.82) is 5.26 Å². The molecule has 1 atom stereocenters. The maximum absolute atomic E-state index is 13.1. The Morgan fingerprint density at radius 2 is 2.00 bits per heavy atom. The average Bonchev–Trinajstić information content (AvgIpc) is 2.83. The Balaban J connectivity index is 2.34. The Morgan fingerprint density at radius 3 is 2.62 bits per heavy atom. The molecule has 0 fully saturated rings. The van der Waals surface area contributed by atoms with E-state index < -0.39 is 0 Å². The van der Waals surface area contributed by atoms with Gasteiger partial charge in [-0.3, -0.25) is 9.36 Å². The van der Waals surface area contributed by atoms with E-state index in [2.05, 4.69) is 11.1 Å². The van der Waals surface area contributed by atoms with Gasteiger partial charge in [0.15, 0.2) is 5.16 Å². The van der Waals surface area contributed by atoms with Gasteiger partial charge in [0.2, 0.25) is 0 Å². The van der Waals surface area contributed by atoms with Crippen molar-refractivity contribution in [2.45, 2.75) is 31.2 Å². The molecule has 0 aliphatic heterocycles. The van der Waals surface area contributed by atoms with Crippen LogP contribution in [0.15, 0.2) is 34.2 Å². The smallest absolute Gasteiger partial charge is 0.267 e. The van der Waals surface area contributed by atoms with E-state index in [0.717, 1.165) is 10.4 Å². The molecule has 7 heteroatoms. The van der Waals surface area contributed by atoms with Gasteiger partial charge in [-0.15, -0.1) is 11.3 Å². The van der Waals surface area contributed by atoms with Gasteiger partial charge < -0.3 is 0 Å². The van der Waals surface area contributed by atoms with Crippen LogP contribution in [0.25, 0.3) is 15.9 Å². The van der Waals surface area contributed by atoms with Crippen LogP contribution in [0.1, 0.15) is 17.4 Å². The zero-order valence-corrected chi connectivity index (χ0v) is 15.7. The van der Waals surface area contributed by atoms with Crippen LogP contribution in [0, 0.1) is 25.2 Å². The SMILES string of the molecule is Cc1sc2nc(S[C@@H](C)C#N)n(-c3ccc(Cl)cc3)c(=O)c2c1C. The van der Waals surface area contributed by atoms with E-state index >= 15 is 0 Å². The third kappa shape index (κ3) is 2.95. The minimum absolute atomic E-state index is 0.114. The van der Waals surface area contributed by atoms with Crippen LogP contribution in [-0.2, 0) is 0 Å². The molecular formula is C17H14ClN3OS2. The molecule has 1 aromatic carbocycles. The lowest BCUT2D eigenvalue weighted by atomic mass is 10.2. The number of nitriles is 1. The molecule has 0 aliphatic carbocycles. The highest BCUT2D eigenvalue weighted by Crippen LogP contribution is 2.30. The standard InChI is InChI=1S/C17H14ClN3OS2/c1-9(8-19)23-17-20-15-14(10(2)11(3)24-15)16(22)21(17)13-6-4-12(18)5-7-13/h4-7,9H,1-3H3/t9-/m0/s1. The molecule has 3 rings (SSSR count). The number of fused-ring (bicyclic) bond motifs is 1. The molecule has 0 unspecified atom stereocenters. The summed E-state index contributed by atoms with van der Waals surface area (Å²) in [5.41, 5.74) is 1.53. The lowest BCUT2D eigenvalue weighted by Crippen LogP contribution is -2.22. The second-order valence-corrected chi connectivity index (χ2v) is 8.31. The maximum Gasteiger partial charge on any atom is 0.267 e. The maximum atomic E-state index is 13.1. The zero-order chi connectivity index (χ0) is 17.4. The molecule has 0 aliphatic rings. The summed E-state index contributed by atoms with van der Waals surface area (Å²) in [6.07, 6.45) is 0. The molecule has 0 radical (unpaired) electrons. The first-order valence-corrected chi connectivity index (χ1v) is 9.34. The summed E-state index contributed by atoms with van der Waals surface area (Å²) in [6.45, 7) is 5.71. The molecule has 0 amide bonds. The fraction of sp³-hybridized carbons (Fsp3) is 0.235. The predicted octanol–water partition coefficient (Wildman–Crippen LogP) is 4.72. The molecule has 4 nitrogen and oxygen atoms in total. The van der Waals surface area contributed by atoms with Crippen molar-refractivity contribution in [3.05, 3.63) is 50.1 Å². The van der Waals surface area contributed by atoms with Gasteiger partial charge in [-0.1, -0.05) is 23.4 Å². The summed E-state index contributed by atoms with van der Waals surface area (Å²) < 4.78 is 1.57. The molecule has 2 heterocycles. The fourth-order valence-electron chi connectivity index (χ4n) is 2.36. The lowest BCUT2D eigenvalue weighted by molar-refractivity contribution is 0.820. The highest BCUT2D eigenvalue weighted by molar-refractivity contribution is 8.00. The fourth-order valence-corrected chi connectivity index (χ4v) is 4.37. The van der Waals surface area contributed by atoms with Crippen molar-refractivity contribution in [2.75, 3.05) is 0 Å². The van der Waals surface area contributed by atoms with E-state index in [4.69, 9.17) is 16.9 Å². The Bertz CT molecular complexity index is 1020. The number of halogens is 1. The van der Waals surface area contributed by atoms with Gasteiger partial charge in [0.25, 0.3) is 5.56 Å². The van der Waals surface area contributed by atoms with Gasteiger partial charge >= 0.3 is 0 Å². The first kappa shape index (κ1) is 17.0. The summed E-state index contributed by atoms with van der Waals surface area (Å²) in [5, 5.41) is 10.6. The Hall–Kier alpha value is -1.81. The first-order valence-electron chi connectivity index (χ1n) is 7.27. The molecule has 0 bridgehead atoms. The molecule has 122 valence electrons. The summed E-state index contributed by atoms with van der Waals surface area (Å²) >= 11 is 8.74. The van der Waals surface area contributed by atoms with Crippen molar-refractivity contribution in [3.8, 4) is 11.8 Å². The van der Waals surface area contributed by atoms with Gasteiger partial charge in [0, 0.05) is 9.90 Å². The van der Waals surface area contributed by atoms with Gasteiger partial charge in [0.05, 0.1) is 22.4 Å². The van der Waals surface area contributed by atoms with Crippen molar-refractivity contribution in [3.63, 3.8) is 0 Å². The number of hydrogen-bond acceptors (Lipinski definition) is 5. The number of hydrogen-bond donors (Lipinski definition) is 0. The van der Waals surface area contributed by atoms with E-state index in [1.54, 1.807) is 35.8 Å². The normalized spacial score (nSPS) is 12.3. The van der Waals surface area contributed by atoms with E-state index in [9.17, 15) is 4.79 Å². The molecule has 0 saturated heterocycles. The minimum Gasteiger partial charge on any atom is -0.268 e. The molecular weight excluding hydrogens is 362 g/mol. The van der Waals surface area contributed by atoms with Crippen LogP contribution < -0.4 is 5.56 Å². The number of aromatic nitrogens is 2. The van der Waals surface area contributed by atoms with Crippen LogP contribution in [0.4, 0.5) is 0 Å². The number of thioether (sulfide) groups is 1. The molecule has 2 aromatic heterocycles. The highest BCUT2D eigenvalue weighted by Gasteiger charge is 2.19. The van der Waals surface area contributed by atoms with E-state index in [0.29, 0.717) is 26.1 Å². The van der Waals surface area contributed by atoms with Crippen LogP contribution in [0.2, 0.25) is 5.02 Å². The summed E-state index contributed by atoms with van der Waals surface area (Å²) in [6, 6.07) is 9.22. The average molecular weight is 376 g/mol. The van der Waals surface area contributed by atoms with E-state index in [-0.39, 0.29) is 10.8 Å². The monoisotopic (exact) mass is 375 g/mol. The van der Waals surface area contributed by atoms with Crippen molar-refractivity contribution < 1.29 is 0 Å². The second kappa shape index (κ2) is 6.60. The van der Waals surface area contributed by atoms with Gasteiger partial charge in [0.1, 0.15) is 4.83 Å². The topological polar surface area (TPSA) is 58.7 Å². The molecule has 0 spiro atoms. The molecule has 3 aromatic rings. The third-order valence-corrected chi connectivity index (χ3v) is 6.02. The quantitative estimate of drug-likeness (QED) is 0.490. The number of benzene rings is 1. The number of nitrogens with zero attached hydrogens (tertiary/aromatic N) is 3. The summed E-state index contributed by atoms with van der Waals surface area (Å²) in [7, 11) is 0. The summed E-state index contributed by atoms with van der Waals surface area (Å²) in [4.78, 5) is 19.6. The second-order valence-electron chi connectivity index (χ2n) is 5.36. The predicted molar refractivity (Wildman–Crippen MR) is 101 cm³/mol. The number of thiophene rings is 1. The third-order valence-electron chi connectivity index (χ3n) is 3.72. The van der Waals surface area contributed by atoms with Gasteiger partial charge in [-0.05, 0) is 50.6 Å². The molecule has 24 heavy (non-hydrogen) atoms. The first-order chi connectivity index (χ1) is 11.4. The Morgan fingerprint density at radius 1 is 1.33 bits per heavy atom. The number of aryl methyl sites for hydroxylation is 2. The van der Waals surface area contributed by atoms with Crippen molar-refractivity contribution >= 4 is 44.9 Å².